The first kappa shape index (κ1) is 31.8. The highest BCUT2D eigenvalue weighted by atomic mass is 32.2. The van der Waals surface area contributed by atoms with E-state index in [1.54, 1.807) is 0 Å². The third-order valence-corrected chi connectivity index (χ3v) is 12.9. The molecule has 8 heteroatoms. The van der Waals surface area contributed by atoms with Crippen molar-refractivity contribution in [3.63, 3.8) is 0 Å². The summed E-state index contributed by atoms with van der Waals surface area (Å²) in [5, 5.41) is 49.9. The summed E-state index contributed by atoms with van der Waals surface area (Å²) < 4.78 is 0. The predicted octanol–water partition coefficient (Wildman–Crippen LogP) is 11.5. The summed E-state index contributed by atoms with van der Waals surface area (Å²) in [7, 11) is 0. The van der Waals surface area contributed by atoms with Gasteiger partial charge in [-0.15, -0.1) is 47.0 Å². The van der Waals surface area contributed by atoms with Crippen LogP contribution in [0.5, 0.6) is 0 Å². The first-order chi connectivity index (χ1) is 23.7. The van der Waals surface area contributed by atoms with E-state index in [0.717, 1.165) is 65.3 Å². The molecule has 0 atom stereocenters. The third-order valence-electron chi connectivity index (χ3n) is 8.57. The molecule has 6 aromatic rings. The van der Waals surface area contributed by atoms with Crippen LogP contribution >= 0.6 is 47.0 Å². The second-order valence-electron chi connectivity index (χ2n) is 11.0. The van der Waals surface area contributed by atoms with E-state index >= 15 is 0 Å². The number of thioether (sulfide) groups is 4. The summed E-state index contributed by atoms with van der Waals surface area (Å²) in [5.41, 5.74) is 4.39. The maximum atomic E-state index is 10.3. The number of nitriles is 4. The van der Waals surface area contributed by atoms with Gasteiger partial charge in [0.05, 0.1) is 0 Å². The minimum Gasteiger partial charge on any atom is -0.192 e. The first-order valence-electron chi connectivity index (χ1n) is 15.1. The van der Waals surface area contributed by atoms with E-state index in [9.17, 15) is 21.0 Å². The zero-order valence-corrected chi connectivity index (χ0v) is 28.8. The number of nitrogens with zero attached hydrogens (tertiary/aromatic N) is 4. The summed E-state index contributed by atoms with van der Waals surface area (Å²) in [5.74, 6) is 2.06. The highest BCUT2D eigenvalue weighted by molar-refractivity contribution is 8.06. The molecule has 0 spiro atoms. The lowest BCUT2D eigenvalue weighted by Gasteiger charge is -2.18. The van der Waals surface area contributed by atoms with E-state index in [2.05, 4.69) is 72.8 Å². The summed E-state index contributed by atoms with van der Waals surface area (Å²) >= 11 is 5.63. The zero-order chi connectivity index (χ0) is 33.0. The molecule has 0 aromatic heterocycles. The van der Waals surface area contributed by atoms with E-state index in [1.165, 1.54) is 47.0 Å². The van der Waals surface area contributed by atoms with Crippen molar-refractivity contribution >= 4 is 90.1 Å². The van der Waals surface area contributed by atoms with Crippen LogP contribution in [-0.4, -0.2) is 0 Å². The molecule has 6 aromatic carbocycles. The van der Waals surface area contributed by atoms with Crippen LogP contribution in [0.25, 0.3) is 43.1 Å². The average Bonchev–Trinajstić information content (AvgIpc) is 3.14. The monoisotopic (exact) mass is 688 g/mol. The number of hydrogen-bond acceptors (Lipinski definition) is 8. The molecular weight excluding hydrogens is 665 g/mol. The fraction of sp³-hybridized carbons (Fsp3) is 0.100. The Bertz CT molecular complexity index is 2060. The number of fused-ring (bicyclic) bond motifs is 6. The van der Waals surface area contributed by atoms with Gasteiger partial charge in [-0.05, 0) is 65.3 Å². The molecule has 0 fully saturated rings. The Hall–Kier alpha value is -4.80. The van der Waals surface area contributed by atoms with Crippen LogP contribution in [0.15, 0.2) is 117 Å². The maximum Gasteiger partial charge on any atom is 0.109 e. The van der Waals surface area contributed by atoms with Crippen LogP contribution in [-0.2, 0) is 23.0 Å². The van der Waals surface area contributed by atoms with E-state index in [-0.39, 0.29) is 0 Å². The molecule has 0 amide bonds. The molecule has 48 heavy (non-hydrogen) atoms. The highest BCUT2D eigenvalue weighted by Gasteiger charge is 2.20. The Morgan fingerprint density at radius 1 is 0.312 bits per heavy atom. The molecule has 0 aliphatic carbocycles. The van der Waals surface area contributed by atoms with Gasteiger partial charge in [0.2, 0.25) is 0 Å². The lowest BCUT2D eigenvalue weighted by molar-refractivity contribution is 1.44. The van der Waals surface area contributed by atoms with Crippen molar-refractivity contribution in [2.45, 2.75) is 23.0 Å². The Balaban J connectivity index is 1.46. The van der Waals surface area contributed by atoms with Gasteiger partial charge in [-0.25, -0.2) is 0 Å². The summed E-state index contributed by atoms with van der Waals surface area (Å²) in [4.78, 5) is 1.66. The van der Waals surface area contributed by atoms with E-state index in [1.807, 2.05) is 48.5 Å². The minimum absolute atomic E-state index is 0.416. The third kappa shape index (κ3) is 5.79. The molecule has 0 unspecified atom stereocenters. The molecule has 4 bridgehead atoms. The minimum atomic E-state index is 0.416. The molecule has 0 saturated heterocycles. The van der Waals surface area contributed by atoms with Crippen molar-refractivity contribution in [1.29, 1.82) is 21.0 Å². The Kier molecular flexibility index (Phi) is 9.36. The molecule has 228 valence electrons. The topological polar surface area (TPSA) is 95.2 Å². The van der Waals surface area contributed by atoms with Crippen LogP contribution in [0.4, 0.5) is 0 Å². The van der Waals surface area contributed by atoms with Gasteiger partial charge < -0.3 is 0 Å². The van der Waals surface area contributed by atoms with Gasteiger partial charge in [0.15, 0.2) is 0 Å². The fourth-order valence-corrected chi connectivity index (χ4v) is 10.5. The van der Waals surface area contributed by atoms with E-state index < -0.39 is 0 Å². The molecule has 1 aliphatic heterocycles. The second-order valence-corrected chi connectivity index (χ2v) is 15.0. The lowest BCUT2D eigenvalue weighted by atomic mass is 9.93. The molecule has 1 heterocycles. The standard InChI is InChI=1S/C40H24N4S4/c41-17-37-38(18-42)47-23-35-29-13-5-7-15-31(29)36(32-16-8-6-14-30(32)35)24-48-40(20-44)39(19-43)46-22-34-26-10-2-1-9-25(26)33(21-45-37)27-11-3-4-12-28(27)34/h1-16H,21-24H2/b38-37-,40-39-. The van der Waals surface area contributed by atoms with E-state index in [4.69, 9.17) is 0 Å². The normalized spacial score (nSPS) is 17.6. The number of benzene rings is 6. The smallest absolute Gasteiger partial charge is 0.109 e. The molecular formula is C40H24N4S4. The van der Waals surface area contributed by atoms with Gasteiger partial charge in [-0.3, -0.25) is 0 Å². The van der Waals surface area contributed by atoms with Crippen molar-refractivity contribution in [3.8, 4) is 24.3 Å². The number of hydrogen-bond donors (Lipinski definition) is 0. The summed E-state index contributed by atoms with van der Waals surface area (Å²) in [6, 6.07) is 42.3. The van der Waals surface area contributed by atoms with Crippen LogP contribution in [0.3, 0.4) is 0 Å². The largest absolute Gasteiger partial charge is 0.192 e. The van der Waals surface area contributed by atoms with Gasteiger partial charge in [0.1, 0.15) is 43.9 Å². The zero-order valence-electron chi connectivity index (χ0n) is 25.5. The quantitative estimate of drug-likeness (QED) is 0.146. The van der Waals surface area contributed by atoms with E-state index in [0.29, 0.717) is 42.6 Å². The maximum absolute atomic E-state index is 10.3. The molecule has 7 rings (SSSR count). The van der Waals surface area contributed by atoms with Crippen molar-refractivity contribution in [2.24, 2.45) is 0 Å². The second kappa shape index (κ2) is 14.1. The number of rotatable bonds is 0. The van der Waals surface area contributed by atoms with Crippen molar-refractivity contribution in [1.82, 2.24) is 0 Å². The first-order valence-corrected chi connectivity index (χ1v) is 19.0. The van der Waals surface area contributed by atoms with Crippen molar-refractivity contribution in [3.05, 3.63) is 139 Å². The molecule has 0 N–H and O–H groups in total. The van der Waals surface area contributed by atoms with Gasteiger partial charge in [-0.1, -0.05) is 97.1 Å². The Morgan fingerprint density at radius 2 is 0.479 bits per heavy atom. The lowest BCUT2D eigenvalue weighted by Crippen LogP contribution is -1.97. The highest BCUT2D eigenvalue weighted by Crippen LogP contribution is 2.43. The number of allylic oxidation sites excluding steroid dienone is 4. The van der Waals surface area contributed by atoms with Crippen LogP contribution in [0, 0.1) is 45.3 Å². The van der Waals surface area contributed by atoms with Gasteiger partial charge >= 0.3 is 0 Å². The Labute approximate surface area is 295 Å². The average molecular weight is 689 g/mol. The predicted molar refractivity (Wildman–Crippen MR) is 205 cm³/mol. The van der Waals surface area contributed by atoms with Crippen LogP contribution in [0.2, 0.25) is 0 Å². The van der Waals surface area contributed by atoms with Crippen molar-refractivity contribution in [2.75, 3.05) is 0 Å². The molecule has 0 saturated carbocycles. The summed E-state index contributed by atoms with van der Waals surface area (Å²) in [6.45, 7) is 0. The fourth-order valence-electron chi connectivity index (χ4n) is 6.41. The molecule has 1 aliphatic rings. The Morgan fingerprint density at radius 3 is 0.625 bits per heavy atom. The van der Waals surface area contributed by atoms with Crippen LogP contribution < -0.4 is 0 Å². The molecule has 0 radical (unpaired) electrons. The summed E-state index contributed by atoms with van der Waals surface area (Å²) in [6.07, 6.45) is 0. The van der Waals surface area contributed by atoms with Crippen molar-refractivity contribution < 1.29 is 0 Å². The van der Waals surface area contributed by atoms with Gasteiger partial charge in [0, 0.05) is 23.0 Å². The molecule has 4 nitrogen and oxygen atoms in total. The van der Waals surface area contributed by atoms with Crippen LogP contribution in [0.1, 0.15) is 22.3 Å². The SMILES string of the molecule is N#C/C1=C(\C#N)SCc2c3ccccc3c(c3ccccc23)CS/C(C#N)=C(/C#N)SCc2c3ccccc3c(c3ccccc23)CS1. The van der Waals surface area contributed by atoms with Gasteiger partial charge in [-0.2, -0.15) is 21.0 Å². The van der Waals surface area contributed by atoms with Gasteiger partial charge in [0.25, 0.3) is 0 Å².